The number of carboxylic acid groups (broad SMARTS) is 1. The second kappa shape index (κ2) is 5.74. The molecule has 4 nitrogen and oxygen atoms in total. The van der Waals surface area contributed by atoms with Crippen molar-refractivity contribution in [2.45, 2.75) is 38.3 Å². The summed E-state index contributed by atoms with van der Waals surface area (Å²) in [5, 5.41) is 8.91. The van der Waals surface area contributed by atoms with Crippen molar-refractivity contribution in [2.75, 3.05) is 0 Å². The molecule has 4 heteroatoms. The predicted molar refractivity (Wildman–Crippen MR) is 81.4 cm³/mol. The van der Waals surface area contributed by atoms with Gasteiger partial charge < -0.3 is 15.4 Å². The van der Waals surface area contributed by atoms with Gasteiger partial charge in [-0.2, -0.15) is 0 Å². The Bertz CT molecular complexity index is 643. The maximum Gasteiger partial charge on any atom is 0.335 e. The molecule has 0 saturated heterocycles. The number of hydrogen-bond donors (Lipinski definition) is 2. The SMILES string of the molecule is NC1CCCCc2cn(Cc3ccc(C(=O)O)cc3)cc21. The van der Waals surface area contributed by atoms with Crippen LogP contribution in [0.5, 0.6) is 0 Å². The van der Waals surface area contributed by atoms with Crippen molar-refractivity contribution in [1.82, 2.24) is 4.57 Å². The Balaban J connectivity index is 1.79. The molecular weight excluding hydrogens is 264 g/mol. The van der Waals surface area contributed by atoms with Gasteiger partial charge in [-0.05, 0) is 48.1 Å². The van der Waals surface area contributed by atoms with Crippen LogP contribution >= 0.6 is 0 Å². The molecule has 0 saturated carbocycles. The number of aromatic carboxylic acids is 1. The van der Waals surface area contributed by atoms with E-state index < -0.39 is 5.97 Å². The molecule has 0 bridgehead atoms. The molecule has 1 unspecified atom stereocenters. The van der Waals surface area contributed by atoms with Gasteiger partial charge in [0.15, 0.2) is 0 Å². The third-order valence-electron chi connectivity index (χ3n) is 4.17. The Morgan fingerprint density at radius 2 is 2.00 bits per heavy atom. The summed E-state index contributed by atoms with van der Waals surface area (Å²) in [6.45, 7) is 0.750. The van der Waals surface area contributed by atoms with E-state index in [2.05, 4.69) is 17.0 Å². The number of carboxylic acids is 1. The number of fused-ring (bicyclic) bond motifs is 1. The summed E-state index contributed by atoms with van der Waals surface area (Å²) in [4.78, 5) is 10.9. The topological polar surface area (TPSA) is 68.2 Å². The minimum atomic E-state index is -0.889. The van der Waals surface area contributed by atoms with Crippen LogP contribution in [-0.4, -0.2) is 15.6 Å². The molecule has 0 radical (unpaired) electrons. The molecule has 1 aromatic heterocycles. The van der Waals surface area contributed by atoms with Gasteiger partial charge >= 0.3 is 5.97 Å². The maximum absolute atomic E-state index is 10.9. The number of nitrogens with zero attached hydrogens (tertiary/aromatic N) is 1. The zero-order valence-corrected chi connectivity index (χ0v) is 12.0. The van der Waals surface area contributed by atoms with E-state index in [4.69, 9.17) is 10.8 Å². The number of hydrogen-bond acceptors (Lipinski definition) is 2. The standard InChI is InChI=1S/C17H20N2O2/c18-16-4-2-1-3-14-10-19(11-15(14)16)9-12-5-7-13(8-6-12)17(20)21/h5-8,10-11,16H,1-4,9,18H2,(H,20,21). The summed E-state index contributed by atoms with van der Waals surface area (Å²) in [5.41, 5.74) is 10.3. The fourth-order valence-corrected chi connectivity index (χ4v) is 3.01. The maximum atomic E-state index is 10.9. The number of benzene rings is 1. The number of nitrogens with two attached hydrogens (primary N) is 1. The number of rotatable bonds is 3. The first-order valence-corrected chi connectivity index (χ1v) is 7.40. The lowest BCUT2D eigenvalue weighted by Crippen LogP contribution is -2.09. The van der Waals surface area contributed by atoms with Crippen LogP contribution in [0.2, 0.25) is 0 Å². The lowest BCUT2D eigenvalue weighted by Gasteiger charge is -2.08. The molecule has 2 aromatic rings. The Morgan fingerprint density at radius 1 is 1.24 bits per heavy atom. The van der Waals surface area contributed by atoms with E-state index in [9.17, 15) is 4.79 Å². The largest absolute Gasteiger partial charge is 0.478 e. The molecule has 0 fully saturated rings. The highest BCUT2D eigenvalue weighted by Crippen LogP contribution is 2.28. The summed E-state index contributed by atoms with van der Waals surface area (Å²) < 4.78 is 2.16. The van der Waals surface area contributed by atoms with E-state index in [-0.39, 0.29) is 6.04 Å². The Labute approximate surface area is 124 Å². The zero-order valence-electron chi connectivity index (χ0n) is 12.0. The van der Waals surface area contributed by atoms with Gasteiger partial charge in [0.1, 0.15) is 0 Å². The van der Waals surface area contributed by atoms with Crippen LogP contribution in [0.1, 0.15) is 52.4 Å². The molecule has 3 rings (SSSR count). The quantitative estimate of drug-likeness (QED) is 0.851. The fourth-order valence-electron chi connectivity index (χ4n) is 3.01. The van der Waals surface area contributed by atoms with Gasteiger partial charge in [-0.15, -0.1) is 0 Å². The predicted octanol–water partition coefficient (Wildman–Crippen LogP) is 2.96. The van der Waals surface area contributed by atoms with Crippen LogP contribution in [0.15, 0.2) is 36.7 Å². The van der Waals surface area contributed by atoms with Gasteiger partial charge in [-0.3, -0.25) is 0 Å². The van der Waals surface area contributed by atoms with Crippen molar-refractivity contribution >= 4 is 5.97 Å². The van der Waals surface area contributed by atoms with Crippen molar-refractivity contribution in [2.24, 2.45) is 5.73 Å². The third kappa shape index (κ3) is 3.00. The fraction of sp³-hybridized carbons (Fsp3) is 0.353. The van der Waals surface area contributed by atoms with E-state index in [1.165, 1.54) is 24.0 Å². The Hall–Kier alpha value is -2.07. The second-order valence-corrected chi connectivity index (χ2v) is 5.77. The first kappa shape index (κ1) is 13.9. The molecule has 110 valence electrons. The van der Waals surface area contributed by atoms with Crippen LogP contribution in [0, 0.1) is 0 Å². The van der Waals surface area contributed by atoms with Gasteiger partial charge in [0.05, 0.1) is 5.56 Å². The molecule has 1 atom stereocenters. The molecule has 21 heavy (non-hydrogen) atoms. The normalized spacial score (nSPS) is 18.0. The van der Waals surface area contributed by atoms with Gasteiger partial charge in [-0.1, -0.05) is 18.6 Å². The summed E-state index contributed by atoms with van der Waals surface area (Å²) in [6.07, 6.45) is 8.91. The van der Waals surface area contributed by atoms with Gasteiger partial charge in [0.2, 0.25) is 0 Å². The zero-order chi connectivity index (χ0) is 14.8. The Kier molecular flexibility index (Phi) is 3.80. The van der Waals surface area contributed by atoms with Gasteiger partial charge in [0.25, 0.3) is 0 Å². The molecule has 1 aliphatic carbocycles. The van der Waals surface area contributed by atoms with E-state index >= 15 is 0 Å². The van der Waals surface area contributed by atoms with Crippen LogP contribution in [0.25, 0.3) is 0 Å². The summed E-state index contributed by atoms with van der Waals surface area (Å²) >= 11 is 0. The molecule has 0 aliphatic heterocycles. The highest BCUT2D eigenvalue weighted by Gasteiger charge is 2.17. The minimum absolute atomic E-state index is 0.151. The molecule has 0 spiro atoms. The molecule has 1 heterocycles. The number of aryl methyl sites for hydroxylation is 1. The van der Waals surface area contributed by atoms with Crippen LogP contribution < -0.4 is 5.73 Å². The van der Waals surface area contributed by atoms with Crippen molar-refractivity contribution in [3.05, 3.63) is 58.9 Å². The molecule has 1 aromatic carbocycles. The second-order valence-electron chi connectivity index (χ2n) is 5.77. The average Bonchev–Trinajstić information content (AvgIpc) is 2.79. The lowest BCUT2D eigenvalue weighted by molar-refractivity contribution is 0.0697. The molecular formula is C17H20N2O2. The molecule has 3 N–H and O–H groups in total. The summed E-state index contributed by atoms with van der Waals surface area (Å²) in [7, 11) is 0. The average molecular weight is 284 g/mol. The highest BCUT2D eigenvalue weighted by molar-refractivity contribution is 5.87. The van der Waals surface area contributed by atoms with Crippen LogP contribution in [-0.2, 0) is 13.0 Å². The van der Waals surface area contributed by atoms with Crippen molar-refractivity contribution in [1.29, 1.82) is 0 Å². The summed E-state index contributed by atoms with van der Waals surface area (Å²) in [5.74, 6) is -0.889. The van der Waals surface area contributed by atoms with Gasteiger partial charge in [0, 0.05) is 25.0 Å². The lowest BCUT2D eigenvalue weighted by atomic mass is 10.1. The van der Waals surface area contributed by atoms with Crippen LogP contribution in [0.4, 0.5) is 0 Å². The van der Waals surface area contributed by atoms with Gasteiger partial charge in [-0.25, -0.2) is 4.79 Å². The number of aromatic nitrogens is 1. The smallest absolute Gasteiger partial charge is 0.335 e. The monoisotopic (exact) mass is 284 g/mol. The first-order chi connectivity index (χ1) is 10.1. The summed E-state index contributed by atoms with van der Waals surface area (Å²) in [6, 6.07) is 7.19. The Morgan fingerprint density at radius 3 is 2.71 bits per heavy atom. The van der Waals surface area contributed by atoms with Crippen LogP contribution in [0.3, 0.4) is 0 Å². The first-order valence-electron chi connectivity index (χ1n) is 7.40. The molecule has 1 aliphatic rings. The van der Waals surface area contributed by atoms with E-state index in [1.807, 2.05) is 12.1 Å². The minimum Gasteiger partial charge on any atom is -0.478 e. The highest BCUT2D eigenvalue weighted by atomic mass is 16.4. The van der Waals surface area contributed by atoms with Crippen molar-refractivity contribution in [3.8, 4) is 0 Å². The molecule has 0 amide bonds. The van der Waals surface area contributed by atoms with E-state index in [0.717, 1.165) is 24.9 Å². The number of carbonyl (C=O) groups is 1. The van der Waals surface area contributed by atoms with E-state index in [1.54, 1.807) is 12.1 Å². The van der Waals surface area contributed by atoms with E-state index in [0.29, 0.717) is 5.56 Å². The van der Waals surface area contributed by atoms with Crippen molar-refractivity contribution in [3.63, 3.8) is 0 Å². The third-order valence-corrected chi connectivity index (χ3v) is 4.17. The van der Waals surface area contributed by atoms with Crippen molar-refractivity contribution < 1.29 is 9.90 Å².